The minimum atomic E-state index is -0.698. The van der Waals surface area contributed by atoms with E-state index < -0.39 is 23.8 Å². The van der Waals surface area contributed by atoms with Gasteiger partial charge >= 0.3 is 11.7 Å². The van der Waals surface area contributed by atoms with Crippen LogP contribution in [0.3, 0.4) is 0 Å². The largest absolute Gasteiger partial charge is 0.495 e. The molecule has 0 atom stereocenters. The second-order valence-electron chi connectivity index (χ2n) is 8.15. The van der Waals surface area contributed by atoms with E-state index in [1.165, 1.54) is 18.7 Å². The maximum absolute atomic E-state index is 13.4. The SMILES string of the molecule is COC(=O)Cn1c(=O)c2c(nc3n(-c4cc(C)ccc4OC)c(-c4ccccc4)cn23)n(C)c1=O. The molecule has 0 spiro atoms. The Morgan fingerprint density at radius 3 is 2.49 bits per heavy atom. The van der Waals surface area contributed by atoms with Crippen LogP contribution in [-0.4, -0.2) is 43.3 Å². The summed E-state index contributed by atoms with van der Waals surface area (Å²) in [6.45, 7) is 1.48. The number of imidazole rings is 2. The predicted molar refractivity (Wildman–Crippen MR) is 130 cm³/mol. The second-order valence-corrected chi connectivity index (χ2v) is 8.15. The number of hydrogen-bond acceptors (Lipinski definition) is 6. The standard InChI is InChI=1S/C25H23N5O5/c1-15-10-11-19(34-3)17(12-15)30-18(16-8-6-5-7-9-16)13-28-21-22(26-24(28)30)27(2)25(33)29(23(21)32)14-20(31)35-4/h5-13H,14H2,1-4H3. The Morgan fingerprint density at radius 2 is 1.80 bits per heavy atom. The molecule has 0 bridgehead atoms. The first-order valence-corrected chi connectivity index (χ1v) is 10.9. The van der Waals surface area contributed by atoms with Crippen LogP contribution in [0.4, 0.5) is 0 Å². The molecule has 10 nitrogen and oxygen atoms in total. The van der Waals surface area contributed by atoms with Crippen LogP contribution in [0.2, 0.25) is 0 Å². The van der Waals surface area contributed by atoms with Crippen LogP contribution in [0.1, 0.15) is 5.56 Å². The number of methoxy groups -OCH3 is 2. The van der Waals surface area contributed by atoms with Crippen LogP contribution in [0.5, 0.6) is 5.75 Å². The molecule has 0 saturated heterocycles. The molecule has 5 aromatic rings. The van der Waals surface area contributed by atoms with Crippen molar-refractivity contribution in [3.8, 4) is 22.7 Å². The van der Waals surface area contributed by atoms with Gasteiger partial charge < -0.3 is 9.47 Å². The summed E-state index contributed by atoms with van der Waals surface area (Å²) < 4.78 is 16.0. The van der Waals surface area contributed by atoms with Crippen molar-refractivity contribution in [1.29, 1.82) is 0 Å². The molecular formula is C25H23N5O5. The molecular weight excluding hydrogens is 450 g/mol. The van der Waals surface area contributed by atoms with E-state index in [1.54, 1.807) is 17.7 Å². The van der Waals surface area contributed by atoms with Crippen molar-refractivity contribution in [2.24, 2.45) is 7.05 Å². The van der Waals surface area contributed by atoms with Crippen molar-refractivity contribution in [2.45, 2.75) is 13.5 Å². The topological polar surface area (TPSA) is 102 Å². The molecule has 35 heavy (non-hydrogen) atoms. The van der Waals surface area contributed by atoms with Crippen molar-refractivity contribution in [3.05, 3.63) is 81.1 Å². The van der Waals surface area contributed by atoms with Crippen LogP contribution >= 0.6 is 0 Å². The fraction of sp³-hybridized carbons (Fsp3) is 0.200. The zero-order chi connectivity index (χ0) is 24.9. The summed E-state index contributed by atoms with van der Waals surface area (Å²) in [5.74, 6) is 0.344. The molecule has 5 rings (SSSR count). The molecule has 0 fully saturated rings. The third-order valence-corrected chi connectivity index (χ3v) is 6.01. The molecule has 0 aliphatic rings. The quantitative estimate of drug-likeness (QED) is 0.363. The highest BCUT2D eigenvalue weighted by Gasteiger charge is 2.24. The Hall–Kier alpha value is -4.60. The zero-order valence-corrected chi connectivity index (χ0v) is 19.7. The minimum Gasteiger partial charge on any atom is -0.495 e. The normalized spacial score (nSPS) is 11.3. The molecule has 0 aliphatic heterocycles. The van der Waals surface area contributed by atoms with E-state index in [2.05, 4.69) is 4.74 Å². The average molecular weight is 473 g/mol. The first-order chi connectivity index (χ1) is 16.8. The first-order valence-electron chi connectivity index (χ1n) is 10.9. The van der Waals surface area contributed by atoms with Gasteiger partial charge in [-0.1, -0.05) is 36.4 Å². The molecule has 0 aliphatic carbocycles. The number of benzene rings is 2. The molecule has 2 aromatic carbocycles. The third-order valence-electron chi connectivity index (χ3n) is 6.01. The number of esters is 1. The van der Waals surface area contributed by atoms with Crippen LogP contribution in [0.15, 0.2) is 64.3 Å². The lowest BCUT2D eigenvalue weighted by atomic mass is 10.1. The van der Waals surface area contributed by atoms with Crippen molar-refractivity contribution < 1.29 is 14.3 Å². The molecule has 3 aromatic heterocycles. The molecule has 3 heterocycles. The Kier molecular flexibility index (Phi) is 5.28. The number of aryl methyl sites for hydroxylation is 2. The summed E-state index contributed by atoms with van der Waals surface area (Å²) in [4.78, 5) is 42.9. The van der Waals surface area contributed by atoms with Crippen molar-refractivity contribution in [2.75, 3.05) is 14.2 Å². The molecule has 0 unspecified atom stereocenters. The Labute approximate surface area is 199 Å². The lowest BCUT2D eigenvalue weighted by Gasteiger charge is -2.14. The predicted octanol–water partition coefficient (Wildman–Crippen LogP) is 2.30. The number of hydrogen-bond donors (Lipinski definition) is 0. The zero-order valence-electron chi connectivity index (χ0n) is 19.7. The number of rotatable bonds is 5. The number of carbonyl (C=O) groups is 1. The molecule has 10 heteroatoms. The molecule has 0 radical (unpaired) electrons. The summed E-state index contributed by atoms with van der Waals surface area (Å²) in [6, 6.07) is 15.5. The van der Waals surface area contributed by atoms with Gasteiger partial charge in [0.15, 0.2) is 11.2 Å². The van der Waals surface area contributed by atoms with Gasteiger partial charge in [0.05, 0.1) is 25.6 Å². The van der Waals surface area contributed by atoms with Gasteiger partial charge in [0.2, 0.25) is 5.78 Å². The maximum atomic E-state index is 13.4. The van der Waals surface area contributed by atoms with Crippen molar-refractivity contribution in [1.82, 2.24) is 23.1 Å². The number of ether oxygens (including phenoxy) is 2. The van der Waals surface area contributed by atoms with E-state index in [0.717, 1.165) is 27.1 Å². The third kappa shape index (κ3) is 3.41. The van der Waals surface area contributed by atoms with E-state index in [9.17, 15) is 14.4 Å². The lowest BCUT2D eigenvalue weighted by Crippen LogP contribution is -2.41. The number of nitrogens with zero attached hydrogens (tertiary/aromatic N) is 5. The summed E-state index contributed by atoms with van der Waals surface area (Å²) in [7, 11) is 4.31. The maximum Gasteiger partial charge on any atom is 0.333 e. The summed E-state index contributed by atoms with van der Waals surface area (Å²) in [6.07, 6.45) is 1.80. The Morgan fingerprint density at radius 1 is 1.06 bits per heavy atom. The summed E-state index contributed by atoms with van der Waals surface area (Å²) in [5.41, 5.74) is 2.50. The van der Waals surface area contributed by atoms with Gasteiger partial charge in [-0.2, -0.15) is 4.98 Å². The summed E-state index contributed by atoms with van der Waals surface area (Å²) >= 11 is 0. The number of fused-ring (bicyclic) bond motifs is 3. The second kappa shape index (κ2) is 8.32. The van der Waals surface area contributed by atoms with E-state index in [4.69, 9.17) is 9.72 Å². The van der Waals surface area contributed by atoms with Crippen molar-refractivity contribution >= 4 is 22.9 Å². The van der Waals surface area contributed by atoms with Gasteiger partial charge in [0.1, 0.15) is 12.3 Å². The van der Waals surface area contributed by atoms with E-state index in [-0.39, 0.29) is 11.2 Å². The fourth-order valence-corrected chi connectivity index (χ4v) is 4.25. The highest BCUT2D eigenvalue weighted by molar-refractivity contribution is 5.80. The smallest absolute Gasteiger partial charge is 0.333 e. The first kappa shape index (κ1) is 22.2. The highest BCUT2D eigenvalue weighted by atomic mass is 16.5. The molecule has 0 amide bonds. The van der Waals surface area contributed by atoms with E-state index >= 15 is 0 Å². The van der Waals surface area contributed by atoms with Gasteiger partial charge in [-0.3, -0.25) is 23.1 Å². The fourth-order valence-electron chi connectivity index (χ4n) is 4.25. The summed E-state index contributed by atoms with van der Waals surface area (Å²) in [5, 5.41) is 0. The van der Waals surface area contributed by atoms with Gasteiger partial charge in [0.25, 0.3) is 5.56 Å². The monoisotopic (exact) mass is 473 g/mol. The van der Waals surface area contributed by atoms with Crippen LogP contribution < -0.4 is 16.0 Å². The van der Waals surface area contributed by atoms with Crippen LogP contribution in [-0.2, 0) is 23.1 Å². The van der Waals surface area contributed by atoms with Crippen LogP contribution in [0, 0.1) is 6.92 Å². The number of carbonyl (C=O) groups excluding carboxylic acids is 1. The lowest BCUT2D eigenvalue weighted by molar-refractivity contribution is -0.141. The Bertz CT molecular complexity index is 1720. The van der Waals surface area contributed by atoms with Crippen molar-refractivity contribution in [3.63, 3.8) is 0 Å². The molecule has 0 N–H and O–H groups in total. The van der Waals surface area contributed by atoms with Gasteiger partial charge in [0, 0.05) is 18.8 Å². The minimum absolute atomic E-state index is 0.175. The molecule has 178 valence electrons. The van der Waals surface area contributed by atoms with Gasteiger partial charge in [-0.05, 0) is 24.6 Å². The van der Waals surface area contributed by atoms with Gasteiger partial charge in [-0.15, -0.1) is 0 Å². The van der Waals surface area contributed by atoms with E-state index in [0.29, 0.717) is 11.5 Å². The number of aromatic nitrogens is 5. The van der Waals surface area contributed by atoms with Gasteiger partial charge in [-0.25, -0.2) is 9.36 Å². The Balaban J connectivity index is 1.94. The van der Waals surface area contributed by atoms with Crippen LogP contribution in [0.25, 0.3) is 33.9 Å². The molecule has 0 saturated carbocycles. The average Bonchev–Trinajstić information content (AvgIpc) is 3.42. The highest BCUT2D eigenvalue weighted by Crippen LogP contribution is 2.33. The van der Waals surface area contributed by atoms with E-state index in [1.807, 2.05) is 60.0 Å².